The van der Waals surface area contributed by atoms with Gasteiger partial charge in [0.1, 0.15) is 5.15 Å². The van der Waals surface area contributed by atoms with Crippen LogP contribution in [-0.2, 0) is 9.53 Å². The van der Waals surface area contributed by atoms with E-state index in [1.807, 2.05) is 31.2 Å². The molecule has 0 radical (unpaired) electrons. The van der Waals surface area contributed by atoms with Gasteiger partial charge in [0.15, 0.2) is 6.61 Å². The first kappa shape index (κ1) is 16.0. The number of hydrogen-bond acceptors (Lipinski definition) is 4. The summed E-state index contributed by atoms with van der Waals surface area (Å²) in [5.41, 5.74) is 2.03. The quantitative estimate of drug-likeness (QED) is 0.642. The van der Waals surface area contributed by atoms with E-state index in [9.17, 15) is 9.59 Å². The van der Waals surface area contributed by atoms with Crippen molar-refractivity contribution in [3.8, 4) is 0 Å². The van der Waals surface area contributed by atoms with E-state index in [0.29, 0.717) is 0 Å². The van der Waals surface area contributed by atoms with Gasteiger partial charge in [-0.05, 0) is 36.8 Å². The molecule has 2 rings (SSSR count). The van der Waals surface area contributed by atoms with Crippen molar-refractivity contribution in [2.24, 2.45) is 0 Å². The first-order valence-corrected chi connectivity index (χ1v) is 6.97. The van der Waals surface area contributed by atoms with Crippen LogP contribution < -0.4 is 4.90 Å². The van der Waals surface area contributed by atoms with E-state index >= 15 is 0 Å². The molecule has 5 nitrogen and oxygen atoms in total. The molecule has 0 bridgehead atoms. The Morgan fingerprint density at radius 1 is 1.27 bits per heavy atom. The maximum absolute atomic E-state index is 12.1. The van der Waals surface area contributed by atoms with E-state index in [1.54, 1.807) is 7.05 Å². The highest BCUT2D eigenvalue weighted by Crippen LogP contribution is 2.14. The molecule has 0 saturated heterocycles. The maximum Gasteiger partial charge on any atom is 0.340 e. The van der Waals surface area contributed by atoms with Crippen LogP contribution in [0, 0.1) is 6.92 Å². The molecule has 0 spiro atoms. The molecule has 1 aromatic carbocycles. The predicted molar refractivity (Wildman–Crippen MR) is 84.1 cm³/mol. The molecule has 1 aromatic heterocycles. The van der Waals surface area contributed by atoms with Gasteiger partial charge in [-0.25, -0.2) is 9.78 Å². The molecule has 0 N–H and O–H groups in total. The van der Waals surface area contributed by atoms with Crippen molar-refractivity contribution in [3.05, 3.63) is 58.9 Å². The highest BCUT2D eigenvalue weighted by atomic mass is 35.5. The number of benzene rings is 1. The Morgan fingerprint density at radius 3 is 2.68 bits per heavy atom. The molecule has 0 atom stereocenters. The molecule has 1 heterocycles. The molecule has 1 amide bonds. The van der Waals surface area contributed by atoms with Gasteiger partial charge in [0.2, 0.25) is 0 Å². The number of ether oxygens (including phenoxy) is 1. The highest BCUT2D eigenvalue weighted by Gasteiger charge is 2.15. The minimum absolute atomic E-state index is 0.246. The summed E-state index contributed by atoms with van der Waals surface area (Å²) in [6.45, 7) is 1.60. The summed E-state index contributed by atoms with van der Waals surface area (Å²) in [5.74, 6) is -0.934. The number of hydrogen-bond donors (Lipinski definition) is 0. The lowest BCUT2D eigenvalue weighted by Crippen LogP contribution is -2.31. The minimum Gasteiger partial charge on any atom is -0.452 e. The van der Waals surface area contributed by atoms with Gasteiger partial charge in [-0.3, -0.25) is 4.79 Å². The topological polar surface area (TPSA) is 59.5 Å². The Kier molecular flexibility index (Phi) is 5.12. The predicted octanol–water partition coefficient (Wildman–Crippen LogP) is 2.86. The average molecular weight is 319 g/mol. The fraction of sp³-hybridized carbons (Fsp3) is 0.188. The fourth-order valence-electron chi connectivity index (χ4n) is 1.78. The Hall–Kier alpha value is -2.40. The van der Waals surface area contributed by atoms with Gasteiger partial charge in [-0.1, -0.05) is 23.7 Å². The number of esters is 1. The van der Waals surface area contributed by atoms with E-state index < -0.39 is 5.97 Å². The van der Waals surface area contributed by atoms with Crippen LogP contribution in [0.3, 0.4) is 0 Å². The molecule has 0 saturated carbocycles. The zero-order valence-corrected chi connectivity index (χ0v) is 13.0. The number of halogens is 1. The van der Waals surface area contributed by atoms with Gasteiger partial charge >= 0.3 is 5.97 Å². The average Bonchev–Trinajstić information content (AvgIpc) is 2.52. The van der Waals surface area contributed by atoms with Gasteiger partial charge in [-0.2, -0.15) is 0 Å². The van der Waals surface area contributed by atoms with Crippen LogP contribution in [0.25, 0.3) is 0 Å². The lowest BCUT2D eigenvalue weighted by Gasteiger charge is -2.17. The van der Waals surface area contributed by atoms with Gasteiger partial charge in [0, 0.05) is 18.9 Å². The first-order chi connectivity index (χ1) is 10.5. The van der Waals surface area contributed by atoms with Gasteiger partial charge in [0.25, 0.3) is 5.91 Å². The monoisotopic (exact) mass is 318 g/mol. The Bertz CT molecular complexity index is 686. The number of rotatable bonds is 4. The Morgan fingerprint density at radius 2 is 2.05 bits per heavy atom. The second-order valence-electron chi connectivity index (χ2n) is 4.74. The van der Waals surface area contributed by atoms with Crippen molar-refractivity contribution in [3.63, 3.8) is 0 Å². The molecular formula is C16H15ClN2O3. The van der Waals surface area contributed by atoms with E-state index in [-0.39, 0.29) is 23.2 Å². The molecule has 0 aliphatic rings. The molecule has 2 aromatic rings. The minimum atomic E-state index is -0.616. The van der Waals surface area contributed by atoms with Crippen molar-refractivity contribution >= 4 is 29.2 Å². The van der Waals surface area contributed by atoms with Gasteiger partial charge < -0.3 is 9.64 Å². The molecule has 0 aliphatic heterocycles. The van der Waals surface area contributed by atoms with E-state index in [0.717, 1.165) is 11.3 Å². The summed E-state index contributed by atoms with van der Waals surface area (Å²) in [7, 11) is 1.63. The van der Waals surface area contributed by atoms with Crippen LogP contribution in [0.4, 0.5) is 5.69 Å². The SMILES string of the molecule is Cc1cccc(N(C)C(=O)COC(=O)c2ccc(Cl)nc2)c1. The number of carbonyl (C=O) groups excluding carboxylic acids is 2. The number of aromatic nitrogens is 1. The van der Waals surface area contributed by atoms with Crippen molar-refractivity contribution < 1.29 is 14.3 Å². The molecule has 114 valence electrons. The molecule has 6 heteroatoms. The van der Waals surface area contributed by atoms with Gasteiger partial charge in [0.05, 0.1) is 5.56 Å². The summed E-state index contributed by atoms with van der Waals surface area (Å²) in [5, 5.41) is 0.284. The third-order valence-electron chi connectivity index (χ3n) is 3.05. The fourth-order valence-corrected chi connectivity index (χ4v) is 1.90. The summed E-state index contributed by atoms with van der Waals surface area (Å²) < 4.78 is 4.99. The third-order valence-corrected chi connectivity index (χ3v) is 3.28. The van der Waals surface area contributed by atoms with Crippen molar-refractivity contribution in [2.75, 3.05) is 18.6 Å². The number of anilines is 1. The summed E-state index contributed by atoms with van der Waals surface area (Å²) in [6, 6.07) is 10.5. The van der Waals surface area contributed by atoms with E-state index in [2.05, 4.69) is 4.98 Å². The number of amides is 1. The highest BCUT2D eigenvalue weighted by molar-refractivity contribution is 6.29. The van der Waals surface area contributed by atoms with E-state index in [1.165, 1.54) is 23.2 Å². The Labute approximate surface area is 133 Å². The molecular weight excluding hydrogens is 304 g/mol. The second kappa shape index (κ2) is 7.04. The zero-order chi connectivity index (χ0) is 16.1. The lowest BCUT2D eigenvalue weighted by atomic mass is 10.2. The summed E-state index contributed by atoms with van der Waals surface area (Å²) in [4.78, 5) is 29.1. The second-order valence-corrected chi connectivity index (χ2v) is 5.12. The number of nitrogens with zero attached hydrogens (tertiary/aromatic N) is 2. The smallest absolute Gasteiger partial charge is 0.340 e. The number of aryl methyl sites for hydroxylation is 1. The molecule has 0 fully saturated rings. The largest absolute Gasteiger partial charge is 0.452 e. The molecule has 22 heavy (non-hydrogen) atoms. The summed E-state index contributed by atoms with van der Waals surface area (Å²) in [6.07, 6.45) is 1.30. The van der Waals surface area contributed by atoms with E-state index in [4.69, 9.17) is 16.3 Å². The van der Waals surface area contributed by atoms with Crippen molar-refractivity contribution in [1.29, 1.82) is 0 Å². The van der Waals surface area contributed by atoms with Crippen molar-refractivity contribution in [2.45, 2.75) is 6.92 Å². The standard InChI is InChI=1S/C16H15ClN2O3/c1-11-4-3-5-13(8-11)19(2)15(20)10-22-16(21)12-6-7-14(17)18-9-12/h3-9H,10H2,1-2H3. The van der Waals surface area contributed by atoms with Crippen LogP contribution in [-0.4, -0.2) is 30.5 Å². The van der Waals surface area contributed by atoms with Crippen LogP contribution >= 0.6 is 11.6 Å². The summed E-state index contributed by atoms with van der Waals surface area (Å²) >= 11 is 5.64. The van der Waals surface area contributed by atoms with Crippen LogP contribution in [0.5, 0.6) is 0 Å². The maximum atomic E-state index is 12.1. The van der Waals surface area contributed by atoms with Crippen LogP contribution in [0.1, 0.15) is 15.9 Å². The lowest BCUT2D eigenvalue weighted by molar-refractivity contribution is -0.121. The third kappa shape index (κ3) is 4.05. The van der Waals surface area contributed by atoms with Gasteiger partial charge in [-0.15, -0.1) is 0 Å². The first-order valence-electron chi connectivity index (χ1n) is 6.59. The van der Waals surface area contributed by atoms with Crippen molar-refractivity contribution in [1.82, 2.24) is 4.98 Å². The zero-order valence-electron chi connectivity index (χ0n) is 12.2. The molecule has 0 unspecified atom stereocenters. The number of likely N-dealkylation sites (N-methyl/N-ethyl adjacent to an activating group) is 1. The van der Waals surface area contributed by atoms with Crippen LogP contribution in [0.15, 0.2) is 42.6 Å². The van der Waals surface area contributed by atoms with Crippen LogP contribution in [0.2, 0.25) is 5.15 Å². The number of pyridine rings is 1. The number of carbonyl (C=O) groups is 2. The Balaban J connectivity index is 1.94. The molecule has 0 aliphatic carbocycles. The normalized spacial score (nSPS) is 10.1.